The highest BCUT2D eigenvalue weighted by atomic mass is 16.5. The van der Waals surface area contributed by atoms with Crippen molar-refractivity contribution in [1.29, 1.82) is 0 Å². The number of hydrogen-bond acceptors (Lipinski definition) is 6. The van der Waals surface area contributed by atoms with Crippen molar-refractivity contribution in [3.63, 3.8) is 0 Å². The van der Waals surface area contributed by atoms with Gasteiger partial charge >= 0.3 is 5.97 Å². The molecule has 1 spiro atoms. The Labute approximate surface area is 159 Å². The first kappa shape index (κ1) is 17.9. The van der Waals surface area contributed by atoms with E-state index in [9.17, 15) is 9.59 Å². The first-order valence-electron chi connectivity index (χ1n) is 9.48. The Balaban J connectivity index is 1.81. The van der Waals surface area contributed by atoms with Crippen LogP contribution in [0.4, 0.5) is 0 Å². The summed E-state index contributed by atoms with van der Waals surface area (Å²) < 4.78 is 16.0. The van der Waals surface area contributed by atoms with E-state index in [0.717, 1.165) is 31.2 Å². The smallest absolute Gasteiger partial charge is 0.343 e. The molecule has 0 bridgehead atoms. The lowest BCUT2D eigenvalue weighted by atomic mass is 9.66. The third-order valence-electron chi connectivity index (χ3n) is 6.13. The quantitative estimate of drug-likeness (QED) is 0.599. The van der Waals surface area contributed by atoms with E-state index in [1.165, 1.54) is 5.56 Å². The molecule has 1 aromatic carbocycles. The highest BCUT2D eigenvalue weighted by molar-refractivity contribution is 6.17. The minimum Gasteiger partial charge on any atom is -0.493 e. The maximum Gasteiger partial charge on any atom is 0.343 e. The van der Waals surface area contributed by atoms with Crippen LogP contribution in [0.1, 0.15) is 49.8 Å². The molecular weight excluding hydrogens is 346 g/mol. The number of carbonyl (C=O) groups is 2. The van der Waals surface area contributed by atoms with E-state index < -0.39 is 5.97 Å². The van der Waals surface area contributed by atoms with E-state index >= 15 is 0 Å². The second-order valence-electron chi connectivity index (χ2n) is 7.47. The monoisotopic (exact) mass is 371 g/mol. The van der Waals surface area contributed by atoms with Gasteiger partial charge in [-0.15, -0.1) is 0 Å². The minimum atomic E-state index is -0.520. The molecule has 0 amide bonds. The summed E-state index contributed by atoms with van der Waals surface area (Å²) in [6.07, 6.45) is 6.17. The van der Waals surface area contributed by atoms with Gasteiger partial charge in [-0.1, -0.05) is 0 Å². The molecule has 3 aliphatic rings. The van der Waals surface area contributed by atoms with Crippen molar-refractivity contribution in [3.05, 3.63) is 35.0 Å². The summed E-state index contributed by atoms with van der Waals surface area (Å²) in [5.41, 5.74) is 2.42. The molecule has 1 unspecified atom stereocenters. The van der Waals surface area contributed by atoms with Gasteiger partial charge in [0.05, 0.1) is 26.9 Å². The second-order valence-corrected chi connectivity index (χ2v) is 7.47. The first-order valence-corrected chi connectivity index (χ1v) is 9.48. The molecule has 0 saturated heterocycles. The third kappa shape index (κ3) is 2.69. The third-order valence-corrected chi connectivity index (χ3v) is 6.13. The van der Waals surface area contributed by atoms with Crippen LogP contribution < -0.4 is 9.47 Å². The number of rotatable bonds is 4. The van der Waals surface area contributed by atoms with E-state index in [1.807, 2.05) is 12.1 Å². The molecule has 1 fully saturated rings. The van der Waals surface area contributed by atoms with Crippen LogP contribution in [0.25, 0.3) is 0 Å². The molecule has 1 saturated carbocycles. The van der Waals surface area contributed by atoms with Crippen LogP contribution in [0, 0.1) is 0 Å². The number of carbonyl (C=O) groups excluding carboxylic acids is 2. The predicted octanol–water partition coefficient (Wildman–Crippen LogP) is 2.95. The van der Waals surface area contributed by atoms with Crippen LogP contribution in [0.5, 0.6) is 11.5 Å². The lowest BCUT2D eigenvalue weighted by Crippen LogP contribution is -2.58. The van der Waals surface area contributed by atoms with Crippen LogP contribution in [-0.2, 0) is 20.7 Å². The van der Waals surface area contributed by atoms with E-state index in [4.69, 9.17) is 14.2 Å². The fraction of sp³-hybridized carbons (Fsp3) is 0.524. The minimum absolute atomic E-state index is 0.0320. The summed E-state index contributed by atoms with van der Waals surface area (Å²) in [5, 5.41) is 0. The number of hydrogen-bond donors (Lipinski definition) is 0. The first-order chi connectivity index (χ1) is 13.0. The zero-order chi connectivity index (χ0) is 19.2. The zero-order valence-corrected chi connectivity index (χ0v) is 16.0. The van der Waals surface area contributed by atoms with Crippen LogP contribution in [-0.4, -0.2) is 43.0 Å². The molecule has 1 aromatic rings. The van der Waals surface area contributed by atoms with Gasteiger partial charge in [-0.3, -0.25) is 4.79 Å². The van der Waals surface area contributed by atoms with Gasteiger partial charge < -0.3 is 19.1 Å². The lowest BCUT2D eigenvalue weighted by molar-refractivity contribution is -0.141. The molecule has 27 heavy (non-hydrogen) atoms. The van der Waals surface area contributed by atoms with Gasteiger partial charge in [-0.2, -0.15) is 0 Å². The Hall–Kier alpha value is -2.50. The van der Waals surface area contributed by atoms with Crippen LogP contribution >= 0.6 is 0 Å². The standard InChI is InChI=1S/C21H25NO5/c1-4-27-20(24)15-12-22-16(10-17(15)23)14-9-19(26-3)18(25-2)8-13(14)11-21(22)6-5-7-21/h8-9,12,16H,4-7,10-11H2,1-3H3. The summed E-state index contributed by atoms with van der Waals surface area (Å²) in [6.45, 7) is 2.01. The Bertz CT molecular complexity index is 824. The largest absolute Gasteiger partial charge is 0.493 e. The lowest BCUT2D eigenvalue weighted by Gasteiger charge is -2.58. The number of ketones is 1. The molecule has 4 rings (SSSR count). The van der Waals surface area contributed by atoms with E-state index in [0.29, 0.717) is 11.5 Å². The molecule has 0 radical (unpaired) electrons. The maximum absolute atomic E-state index is 12.7. The molecule has 2 heterocycles. The van der Waals surface area contributed by atoms with Crippen LogP contribution in [0.3, 0.4) is 0 Å². The number of Topliss-reactive ketones (excluding diaryl/α,β-unsaturated/α-hetero) is 1. The molecule has 1 aliphatic carbocycles. The zero-order valence-electron chi connectivity index (χ0n) is 16.0. The number of nitrogens with zero attached hydrogens (tertiary/aromatic N) is 1. The Morgan fingerprint density at radius 2 is 1.93 bits per heavy atom. The van der Waals surface area contributed by atoms with E-state index in [1.54, 1.807) is 27.3 Å². The number of esters is 1. The fourth-order valence-electron chi connectivity index (χ4n) is 4.65. The van der Waals surface area contributed by atoms with Crippen molar-refractivity contribution in [2.24, 2.45) is 0 Å². The van der Waals surface area contributed by atoms with Crippen LogP contribution in [0.15, 0.2) is 23.9 Å². The average molecular weight is 371 g/mol. The molecule has 144 valence electrons. The SMILES string of the molecule is CCOC(=O)C1=CN2C(CC1=O)c1cc(OC)c(OC)cc1CC21CCC1. The number of fused-ring (bicyclic) bond motifs is 4. The Kier molecular flexibility index (Phi) is 4.36. The number of benzene rings is 1. The molecule has 0 aromatic heterocycles. The van der Waals surface area contributed by atoms with Crippen molar-refractivity contribution in [2.75, 3.05) is 20.8 Å². The topological polar surface area (TPSA) is 65.1 Å². The van der Waals surface area contributed by atoms with Gasteiger partial charge in [-0.05, 0) is 55.9 Å². The van der Waals surface area contributed by atoms with Crippen molar-refractivity contribution in [3.8, 4) is 11.5 Å². The molecular formula is C21H25NO5. The van der Waals surface area contributed by atoms with Gasteiger partial charge in [0.2, 0.25) is 0 Å². The Morgan fingerprint density at radius 3 is 2.52 bits per heavy atom. The molecule has 1 atom stereocenters. The number of ether oxygens (including phenoxy) is 3. The number of methoxy groups -OCH3 is 2. The summed E-state index contributed by atoms with van der Waals surface area (Å²) in [4.78, 5) is 27.2. The van der Waals surface area contributed by atoms with Gasteiger partial charge in [0.25, 0.3) is 0 Å². The second kappa shape index (κ2) is 6.59. The molecule has 6 nitrogen and oxygen atoms in total. The normalized spacial score (nSPS) is 22.3. The van der Waals surface area contributed by atoms with Gasteiger partial charge in [0.15, 0.2) is 17.3 Å². The van der Waals surface area contributed by atoms with Gasteiger partial charge in [-0.25, -0.2) is 4.79 Å². The summed E-state index contributed by atoms with van der Waals surface area (Å²) in [6, 6.07) is 3.94. The molecule has 2 aliphatic heterocycles. The highest BCUT2D eigenvalue weighted by Gasteiger charge is 2.51. The van der Waals surface area contributed by atoms with Crippen molar-refractivity contribution < 1.29 is 23.8 Å². The van der Waals surface area contributed by atoms with E-state index in [2.05, 4.69) is 4.90 Å². The highest BCUT2D eigenvalue weighted by Crippen LogP contribution is 2.53. The predicted molar refractivity (Wildman–Crippen MR) is 98.8 cm³/mol. The summed E-state index contributed by atoms with van der Waals surface area (Å²) in [7, 11) is 3.25. The maximum atomic E-state index is 12.7. The molecule has 6 heteroatoms. The molecule has 0 N–H and O–H groups in total. The fourth-order valence-corrected chi connectivity index (χ4v) is 4.65. The average Bonchev–Trinajstić information content (AvgIpc) is 2.64. The Morgan fingerprint density at radius 1 is 1.22 bits per heavy atom. The van der Waals surface area contributed by atoms with Crippen molar-refractivity contribution >= 4 is 11.8 Å². The van der Waals surface area contributed by atoms with Gasteiger partial charge in [0, 0.05) is 18.2 Å². The summed E-state index contributed by atoms with van der Waals surface area (Å²) >= 11 is 0. The van der Waals surface area contributed by atoms with Gasteiger partial charge in [0.1, 0.15) is 5.57 Å². The van der Waals surface area contributed by atoms with Crippen molar-refractivity contribution in [1.82, 2.24) is 4.90 Å². The summed E-state index contributed by atoms with van der Waals surface area (Å²) in [5.74, 6) is 0.692. The van der Waals surface area contributed by atoms with Crippen molar-refractivity contribution in [2.45, 2.75) is 50.6 Å². The van der Waals surface area contributed by atoms with Crippen LogP contribution in [0.2, 0.25) is 0 Å². The van der Waals surface area contributed by atoms with E-state index in [-0.39, 0.29) is 36.0 Å².